The molecular formula is C30H36N4O. The molecule has 1 saturated heterocycles. The van der Waals surface area contributed by atoms with Crippen molar-refractivity contribution in [2.24, 2.45) is 0 Å². The summed E-state index contributed by atoms with van der Waals surface area (Å²) in [7, 11) is 4.23. The molecule has 182 valence electrons. The van der Waals surface area contributed by atoms with Crippen molar-refractivity contribution in [2.45, 2.75) is 19.4 Å². The standard InChI is InChI=1S/C30H36N4O/c1-31(2)16-8-17-34-28-12-7-6-11-26(28)27-14-13-25(23-29(27)34)30(35)33-21-19-32(20-22-33)18-15-24-9-4-3-5-10-24/h3-7,9-14,23H,8,15-22H2,1-2H3. The molecule has 0 saturated carbocycles. The summed E-state index contributed by atoms with van der Waals surface area (Å²) in [6.07, 6.45) is 2.13. The third-order valence-electron chi connectivity index (χ3n) is 7.23. The average Bonchev–Trinajstić information content (AvgIpc) is 3.21. The van der Waals surface area contributed by atoms with Crippen molar-refractivity contribution in [3.63, 3.8) is 0 Å². The first kappa shape index (κ1) is 23.6. The molecule has 1 amide bonds. The first-order valence-electron chi connectivity index (χ1n) is 12.8. The van der Waals surface area contributed by atoms with E-state index < -0.39 is 0 Å². The van der Waals surface area contributed by atoms with Crippen molar-refractivity contribution in [3.05, 3.63) is 83.9 Å². The number of aromatic nitrogens is 1. The van der Waals surface area contributed by atoms with Crippen LogP contribution in [0.15, 0.2) is 72.8 Å². The largest absolute Gasteiger partial charge is 0.340 e. The lowest BCUT2D eigenvalue weighted by Crippen LogP contribution is -2.49. The van der Waals surface area contributed by atoms with Crippen LogP contribution in [0.2, 0.25) is 0 Å². The summed E-state index contributed by atoms with van der Waals surface area (Å²) in [6, 6.07) is 25.5. The van der Waals surface area contributed by atoms with Crippen molar-refractivity contribution in [3.8, 4) is 0 Å². The molecule has 5 nitrogen and oxygen atoms in total. The molecule has 1 aromatic heterocycles. The highest BCUT2D eigenvalue weighted by molar-refractivity contribution is 6.10. The third-order valence-corrected chi connectivity index (χ3v) is 7.23. The van der Waals surface area contributed by atoms with Crippen LogP contribution in [0.1, 0.15) is 22.3 Å². The predicted molar refractivity (Wildman–Crippen MR) is 145 cm³/mol. The Morgan fingerprint density at radius 1 is 0.800 bits per heavy atom. The molecule has 0 N–H and O–H groups in total. The zero-order valence-corrected chi connectivity index (χ0v) is 21.0. The monoisotopic (exact) mass is 468 g/mol. The molecule has 5 heteroatoms. The summed E-state index contributed by atoms with van der Waals surface area (Å²) in [5.41, 5.74) is 4.59. The van der Waals surface area contributed by atoms with Crippen LogP contribution < -0.4 is 0 Å². The van der Waals surface area contributed by atoms with Crippen LogP contribution in [-0.4, -0.2) is 78.5 Å². The Morgan fingerprint density at radius 3 is 2.29 bits per heavy atom. The van der Waals surface area contributed by atoms with Crippen molar-refractivity contribution < 1.29 is 4.79 Å². The number of amides is 1. The number of fused-ring (bicyclic) bond motifs is 3. The maximum absolute atomic E-state index is 13.5. The van der Waals surface area contributed by atoms with E-state index in [0.29, 0.717) is 0 Å². The Labute approximate surface area is 208 Å². The lowest BCUT2D eigenvalue weighted by Gasteiger charge is -2.34. The lowest BCUT2D eigenvalue weighted by molar-refractivity contribution is 0.0638. The van der Waals surface area contributed by atoms with E-state index in [4.69, 9.17) is 0 Å². The van der Waals surface area contributed by atoms with Gasteiger partial charge in [0.1, 0.15) is 0 Å². The van der Waals surface area contributed by atoms with E-state index in [1.54, 1.807) is 0 Å². The van der Waals surface area contributed by atoms with E-state index in [2.05, 4.69) is 95.2 Å². The van der Waals surface area contributed by atoms with Crippen LogP contribution in [0, 0.1) is 0 Å². The molecule has 0 spiro atoms. The highest BCUT2D eigenvalue weighted by Gasteiger charge is 2.23. The third kappa shape index (κ3) is 5.26. The minimum absolute atomic E-state index is 0.153. The number of benzene rings is 3. The van der Waals surface area contributed by atoms with Gasteiger partial charge in [-0.05, 0) is 57.2 Å². The Morgan fingerprint density at radius 2 is 1.51 bits per heavy atom. The molecule has 1 aliphatic rings. The van der Waals surface area contributed by atoms with Crippen LogP contribution in [0.25, 0.3) is 21.8 Å². The van der Waals surface area contributed by atoms with E-state index in [9.17, 15) is 4.79 Å². The van der Waals surface area contributed by atoms with E-state index in [0.717, 1.165) is 69.7 Å². The van der Waals surface area contributed by atoms with Gasteiger partial charge in [-0.1, -0.05) is 54.6 Å². The van der Waals surface area contributed by atoms with Gasteiger partial charge in [0, 0.05) is 66.6 Å². The molecule has 0 aliphatic carbocycles. The fourth-order valence-electron chi connectivity index (χ4n) is 5.26. The first-order chi connectivity index (χ1) is 17.1. The average molecular weight is 469 g/mol. The van der Waals surface area contributed by atoms with E-state index >= 15 is 0 Å². The topological polar surface area (TPSA) is 31.7 Å². The van der Waals surface area contributed by atoms with Gasteiger partial charge >= 0.3 is 0 Å². The first-order valence-corrected chi connectivity index (χ1v) is 12.8. The predicted octanol–water partition coefficient (Wildman–Crippen LogP) is 4.75. The summed E-state index contributed by atoms with van der Waals surface area (Å²) in [5, 5.41) is 2.49. The number of aryl methyl sites for hydroxylation is 1. The Bertz CT molecular complexity index is 1290. The number of rotatable bonds is 8. The van der Waals surface area contributed by atoms with Gasteiger partial charge in [0.15, 0.2) is 0 Å². The van der Waals surface area contributed by atoms with Gasteiger partial charge in [-0.3, -0.25) is 9.69 Å². The van der Waals surface area contributed by atoms with Crippen LogP contribution >= 0.6 is 0 Å². The summed E-state index contributed by atoms with van der Waals surface area (Å²) in [6.45, 7) is 6.48. The van der Waals surface area contributed by atoms with Gasteiger partial charge in [-0.2, -0.15) is 0 Å². The van der Waals surface area contributed by atoms with Crippen LogP contribution in [0.3, 0.4) is 0 Å². The minimum Gasteiger partial charge on any atom is -0.340 e. The van der Waals surface area contributed by atoms with Gasteiger partial charge in [-0.25, -0.2) is 0 Å². The Kier molecular flexibility index (Phi) is 7.16. The molecule has 5 rings (SSSR count). The summed E-state index contributed by atoms with van der Waals surface area (Å²) < 4.78 is 2.40. The Hall–Kier alpha value is -3.15. The summed E-state index contributed by atoms with van der Waals surface area (Å²) >= 11 is 0. The number of para-hydroxylation sites is 1. The van der Waals surface area contributed by atoms with Crippen molar-refractivity contribution >= 4 is 27.7 Å². The van der Waals surface area contributed by atoms with E-state index in [1.807, 2.05) is 11.0 Å². The van der Waals surface area contributed by atoms with Gasteiger partial charge in [-0.15, -0.1) is 0 Å². The van der Waals surface area contributed by atoms with E-state index in [1.165, 1.54) is 21.9 Å². The lowest BCUT2D eigenvalue weighted by atomic mass is 10.1. The summed E-state index contributed by atoms with van der Waals surface area (Å²) in [5.74, 6) is 0.153. The zero-order chi connectivity index (χ0) is 24.2. The van der Waals surface area contributed by atoms with Gasteiger partial charge in [0.05, 0.1) is 0 Å². The second kappa shape index (κ2) is 10.6. The minimum atomic E-state index is 0.153. The number of nitrogens with zero attached hydrogens (tertiary/aromatic N) is 4. The highest BCUT2D eigenvalue weighted by Crippen LogP contribution is 2.30. The maximum Gasteiger partial charge on any atom is 0.254 e. The molecule has 35 heavy (non-hydrogen) atoms. The molecular weight excluding hydrogens is 432 g/mol. The fraction of sp³-hybridized carbons (Fsp3) is 0.367. The number of piperazine rings is 1. The number of carbonyl (C=O) groups excluding carboxylic acids is 1. The second-order valence-electron chi connectivity index (χ2n) is 9.93. The summed E-state index contributed by atoms with van der Waals surface area (Å²) in [4.78, 5) is 20.2. The van der Waals surface area contributed by atoms with Gasteiger partial charge in [0.25, 0.3) is 5.91 Å². The van der Waals surface area contributed by atoms with Crippen LogP contribution in [-0.2, 0) is 13.0 Å². The molecule has 0 bridgehead atoms. The normalized spacial score (nSPS) is 14.9. The van der Waals surface area contributed by atoms with Crippen molar-refractivity contribution in [1.29, 1.82) is 0 Å². The molecule has 2 heterocycles. The van der Waals surface area contributed by atoms with Crippen LogP contribution in [0.5, 0.6) is 0 Å². The molecule has 1 fully saturated rings. The number of carbonyl (C=O) groups is 1. The van der Waals surface area contributed by atoms with Crippen LogP contribution in [0.4, 0.5) is 0 Å². The molecule has 3 aromatic carbocycles. The fourth-order valence-corrected chi connectivity index (χ4v) is 5.26. The van der Waals surface area contributed by atoms with Crippen molar-refractivity contribution in [2.75, 3.05) is 53.4 Å². The highest BCUT2D eigenvalue weighted by atomic mass is 16.2. The zero-order valence-electron chi connectivity index (χ0n) is 21.0. The molecule has 1 aliphatic heterocycles. The second-order valence-corrected chi connectivity index (χ2v) is 9.93. The number of hydrogen-bond donors (Lipinski definition) is 0. The maximum atomic E-state index is 13.5. The molecule has 0 atom stereocenters. The quantitative estimate of drug-likeness (QED) is 0.374. The van der Waals surface area contributed by atoms with Crippen molar-refractivity contribution in [1.82, 2.24) is 19.3 Å². The smallest absolute Gasteiger partial charge is 0.254 e. The van der Waals surface area contributed by atoms with Gasteiger partial charge < -0.3 is 14.4 Å². The Balaban J connectivity index is 1.30. The van der Waals surface area contributed by atoms with E-state index in [-0.39, 0.29) is 5.91 Å². The molecule has 4 aromatic rings. The molecule has 0 radical (unpaired) electrons. The molecule has 0 unspecified atom stereocenters. The number of hydrogen-bond acceptors (Lipinski definition) is 3. The SMILES string of the molecule is CN(C)CCCn1c2ccccc2c2ccc(C(=O)N3CCN(CCc4ccccc4)CC3)cc21. The van der Waals surface area contributed by atoms with Gasteiger partial charge in [0.2, 0.25) is 0 Å².